The lowest BCUT2D eigenvalue weighted by Crippen LogP contribution is -2.38. The SMILES string of the molecule is CN=C(NCCCN(C)Cc1ccccc1)NCc1nc(C)c(C)o1.I. The highest BCUT2D eigenvalue weighted by Crippen LogP contribution is 2.07. The molecule has 0 aliphatic rings. The summed E-state index contributed by atoms with van der Waals surface area (Å²) in [5.41, 5.74) is 2.27. The van der Waals surface area contributed by atoms with Gasteiger partial charge < -0.3 is 20.0 Å². The molecule has 1 heterocycles. The third-order valence-electron chi connectivity index (χ3n) is 4.01. The van der Waals surface area contributed by atoms with Gasteiger partial charge in [0.1, 0.15) is 5.76 Å². The van der Waals surface area contributed by atoms with Crippen molar-refractivity contribution in [1.82, 2.24) is 20.5 Å². The van der Waals surface area contributed by atoms with Gasteiger partial charge in [0.05, 0.1) is 12.2 Å². The minimum Gasteiger partial charge on any atom is -0.444 e. The van der Waals surface area contributed by atoms with Gasteiger partial charge in [-0.1, -0.05) is 30.3 Å². The number of aromatic nitrogens is 1. The van der Waals surface area contributed by atoms with Crippen molar-refractivity contribution < 1.29 is 4.42 Å². The monoisotopic (exact) mass is 471 g/mol. The Morgan fingerprint density at radius 2 is 1.92 bits per heavy atom. The zero-order chi connectivity index (χ0) is 18.1. The average Bonchev–Trinajstić information content (AvgIpc) is 2.93. The third-order valence-corrected chi connectivity index (χ3v) is 4.01. The zero-order valence-electron chi connectivity index (χ0n) is 16.1. The van der Waals surface area contributed by atoms with Gasteiger partial charge in [0, 0.05) is 20.1 Å². The summed E-state index contributed by atoms with van der Waals surface area (Å²) in [6.07, 6.45) is 1.04. The van der Waals surface area contributed by atoms with Crippen LogP contribution in [0.3, 0.4) is 0 Å². The van der Waals surface area contributed by atoms with E-state index in [4.69, 9.17) is 4.42 Å². The summed E-state index contributed by atoms with van der Waals surface area (Å²) in [7, 11) is 3.91. The van der Waals surface area contributed by atoms with Crippen LogP contribution in [0.15, 0.2) is 39.7 Å². The minimum absolute atomic E-state index is 0. The number of rotatable bonds is 8. The molecule has 0 atom stereocenters. The maximum absolute atomic E-state index is 5.56. The van der Waals surface area contributed by atoms with Crippen molar-refractivity contribution in [2.45, 2.75) is 33.4 Å². The van der Waals surface area contributed by atoms with Gasteiger partial charge in [-0.3, -0.25) is 4.99 Å². The second-order valence-electron chi connectivity index (χ2n) is 6.18. The van der Waals surface area contributed by atoms with Crippen LogP contribution in [-0.2, 0) is 13.1 Å². The van der Waals surface area contributed by atoms with Gasteiger partial charge in [0.2, 0.25) is 5.89 Å². The van der Waals surface area contributed by atoms with Gasteiger partial charge in [-0.25, -0.2) is 4.98 Å². The summed E-state index contributed by atoms with van der Waals surface area (Å²) in [5, 5.41) is 6.55. The second-order valence-corrected chi connectivity index (χ2v) is 6.18. The summed E-state index contributed by atoms with van der Waals surface area (Å²) in [4.78, 5) is 10.9. The molecule has 0 unspecified atom stereocenters. The van der Waals surface area contributed by atoms with E-state index in [9.17, 15) is 0 Å². The number of oxazole rings is 1. The van der Waals surface area contributed by atoms with Crippen LogP contribution in [0.2, 0.25) is 0 Å². The number of nitrogens with one attached hydrogen (secondary N) is 2. The first kappa shape index (κ1) is 22.4. The lowest BCUT2D eigenvalue weighted by Gasteiger charge is -2.17. The van der Waals surface area contributed by atoms with Crippen molar-refractivity contribution in [3.05, 3.63) is 53.2 Å². The van der Waals surface area contributed by atoms with E-state index in [0.29, 0.717) is 12.4 Å². The zero-order valence-corrected chi connectivity index (χ0v) is 18.4. The van der Waals surface area contributed by atoms with E-state index in [1.807, 2.05) is 19.9 Å². The Kier molecular flexibility index (Phi) is 10.3. The Bertz CT molecular complexity index is 652. The van der Waals surface area contributed by atoms with Crippen LogP contribution in [0.4, 0.5) is 0 Å². The van der Waals surface area contributed by atoms with Crippen molar-refractivity contribution in [3.8, 4) is 0 Å². The summed E-state index contributed by atoms with van der Waals surface area (Å²) in [6, 6.07) is 10.5. The van der Waals surface area contributed by atoms with Crippen molar-refractivity contribution in [1.29, 1.82) is 0 Å². The lowest BCUT2D eigenvalue weighted by atomic mass is 10.2. The molecular formula is C19H30IN5O. The second kappa shape index (κ2) is 11.9. The molecule has 0 saturated heterocycles. The summed E-state index contributed by atoms with van der Waals surface area (Å²) in [6.45, 7) is 7.25. The highest BCUT2D eigenvalue weighted by molar-refractivity contribution is 14.0. The van der Waals surface area contributed by atoms with Gasteiger partial charge >= 0.3 is 0 Å². The van der Waals surface area contributed by atoms with Crippen LogP contribution in [0.1, 0.15) is 29.3 Å². The molecular weight excluding hydrogens is 441 g/mol. The molecule has 2 N–H and O–H groups in total. The molecule has 2 aromatic rings. The van der Waals surface area contributed by atoms with Crippen molar-refractivity contribution in [2.24, 2.45) is 4.99 Å². The standard InChI is InChI=1S/C19H29N5O.HI/c1-15-16(2)25-18(23-15)13-22-19(20-3)21-11-8-12-24(4)14-17-9-6-5-7-10-17;/h5-7,9-10H,8,11-14H2,1-4H3,(H2,20,21,22);1H. The Morgan fingerprint density at radius 3 is 2.54 bits per heavy atom. The Morgan fingerprint density at radius 1 is 1.19 bits per heavy atom. The van der Waals surface area contributed by atoms with Crippen LogP contribution in [0.5, 0.6) is 0 Å². The van der Waals surface area contributed by atoms with Crippen LogP contribution >= 0.6 is 24.0 Å². The van der Waals surface area contributed by atoms with Crippen LogP contribution in [0, 0.1) is 13.8 Å². The maximum Gasteiger partial charge on any atom is 0.214 e. The molecule has 1 aromatic carbocycles. The smallest absolute Gasteiger partial charge is 0.214 e. The Balaban J connectivity index is 0.00000338. The summed E-state index contributed by atoms with van der Waals surface area (Å²) >= 11 is 0. The molecule has 0 amide bonds. The lowest BCUT2D eigenvalue weighted by molar-refractivity contribution is 0.322. The maximum atomic E-state index is 5.56. The van der Waals surface area contributed by atoms with Crippen molar-refractivity contribution >= 4 is 29.9 Å². The van der Waals surface area contributed by atoms with Gasteiger partial charge in [0.15, 0.2) is 5.96 Å². The molecule has 0 saturated carbocycles. The molecule has 0 fully saturated rings. The van der Waals surface area contributed by atoms with E-state index in [0.717, 1.165) is 43.5 Å². The highest BCUT2D eigenvalue weighted by atomic mass is 127. The fourth-order valence-corrected chi connectivity index (χ4v) is 2.52. The van der Waals surface area contributed by atoms with E-state index in [-0.39, 0.29) is 24.0 Å². The van der Waals surface area contributed by atoms with Gasteiger partial charge in [-0.2, -0.15) is 0 Å². The van der Waals surface area contributed by atoms with Crippen LogP contribution in [-0.4, -0.2) is 43.0 Å². The molecule has 0 spiro atoms. The van der Waals surface area contributed by atoms with Crippen molar-refractivity contribution in [2.75, 3.05) is 27.2 Å². The Hall–Kier alpha value is -1.61. The number of hydrogen-bond acceptors (Lipinski definition) is 4. The normalized spacial score (nSPS) is 11.3. The summed E-state index contributed by atoms with van der Waals surface area (Å²) < 4.78 is 5.56. The third kappa shape index (κ3) is 7.74. The fourth-order valence-electron chi connectivity index (χ4n) is 2.52. The van der Waals surface area contributed by atoms with E-state index in [2.05, 4.69) is 56.8 Å². The molecule has 0 bridgehead atoms. The number of aliphatic imine (C=N–C) groups is 1. The predicted molar refractivity (Wildman–Crippen MR) is 117 cm³/mol. The number of nitrogens with zero attached hydrogens (tertiary/aromatic N) is 3. The number of halogens is 1. The fraction of sp³-hybridized carbons (Fsp3) is 0.474. The molecule has 6 nitrogen and oxygen atoms in total. The van der Waals surface area contributed by atoms with E-state index in [1.54, 1.807) is 7.05 Å². The van der Waals surface area contributed by atoms with Crippen LogP contribution < -0.4 is 10.6 Å². The molecule has 26 heavy (non-hydrogen) atoms. The predicted octanol–water partition coefficient (Wildman–Crippen LogP) is 3.10. The minimum atomic E-state index is 0. The van der Waals surface area contributed by atoms with E-state index in [1.165, 1.54) is 5.56 Å². The number of aryl methyl sites for hydroxylation is 2. The molecule has 7 heteroatoms. The largest absolute Gasteiger partial charge is 0.444 e. The van der Waals surface area contributed by atoms with Gasteiger partial charge in [-0.05, 0) is 39.4 Å². The van der Waals surface area contributed by atoms with Crippen LogP contribution in [0.25, 0.3) is 0 Å². The van der Waals surface area contributed by atoms with Crippen molar-refractivity contribution in [3.63, 3.8) is 0 Å². The molecule has 0 aliphatic heterocycles. The van der Waals surface area contributed by atoms with Gasteiger partial charge in [-0.15, -0.1) is 24.0 Å². The first-order valence-corrected chi connectivity index (χ1v) is 8.68. The molecule has 144 valence electrons. The number of benzene rings is 1. The first-order valence-electron chi connectivity index (χ1n) is 8.68. The molecule has 2 rings (SSSR count). The van der Waals surface area contributed by atoms with Gasteiger partial charge in [0.25, 0.3) is 0 Å². The number of guanidine groups is 1. The van der Waals surface area contributed by atoms with E-state index >= 15 is 0 Å². The molecule has 1 aromatic heterocycles. The van der Waals surface area contributed by atoms with E-state index < -0.39 is 0 Å². The average molecular weight is 471 g/mol. The number of hydrogen-bond donors (Lipinski definition) is 2. The molecule has 0 aliphatic carbocycles. The Labute approximate surface area is 173 Å². The molecule has 0 radical (unpaired) electrons. The quantitative estimate of drug-likeness (QED) is 0.268. The topological polar surface area (TPSA) is 65.7 Å². The highest BCUT2D eigenvalue weighted by Gasteiger charge is 2.06. The first-order chi connectivity index (χ1) is 12.1. The summed E-state index contributed by atoms with van der Waals surface area (Å²) in [5.74, 6) is 2.31.